The van der Waals surface area contributed by atoms with Crippen molar-refractivity contribution in [3.63, 3.8) is 0 Å². The zero-order chi connectivity index (χ0) is 20.9. The average Bonchev–Trinajstić information content (AvgIpc) is 3.18. The van der Waals surface area contributed by atoms with Crippen molar-refractivity contribution >= 4 is 22.4 Å². The molecule has 0 aliphatic carbocycles. The Morgan fingerprint density at radius 3 is 2.53 bits per heavy atom. The second kappa shape index (κ2) is 6.97. The van der Waals surface area contributed by atoms with Crippen LogP contribution >= 0.6 is 0 Å². The highest BCUT2D eigenvalue weighted by Gasteiger charge is 2.31. The maximum atomic E-state index is 13.2. The van der Waals surface area contributed by atoms with E-state index in [2.05, 4.69) is 22.1 Å². The van der Waals surface area contributed by atoms with Gasteiger partial charge in [0.25, 0.3) is 0 Å². The third-order valence-electron chi connectivity index (χ3n) is 5.78. The lowest BCUT2D eigenvalue weighted by Crippen LogP contribution is -2.33. The van der Waals surface area contributed by atoms with E-state index in [1.165, 1.54) is 6.07 Å². The highest BCUT2D eigenvalue weighted by atomic mass is 19.4. The van der Waals surface area contributed by atoms with E-state index in [0.29, 0.717) is 22.8 Å². The smallest absolute Gasteiger partial charge is 0.356 e. The molecule has 0 spiro atoms. The summed E-state index contributed by atoms with van der Waals surface area (Å²) < 4.78 is 41.2. The normalized spacial score (nSPS) is 15.9. The van der Waals surface area contributed by atoms with Gasteiger partial charge in [-0.05, 0) is 43.0 Å². The Morgan fingerprint density at radius 1 is 1.00 bits per heavy atom. The summed E-state index contributed by atoms with van der Waals surface area (Å²) in [6.45, 7) is 4.04. The quantitative estimate of drug-likeness (QED) is 0.455. The first-order valence-corrected chi connectivity index (χ1v) is 9.98. The molecule has 0 bridgehead atoms. The molecule has 0 saturated carbocycles. The summed E-state index contributed by atoms with van der Waals surface area (Å²) in [5.74, 6) is 1.51. The molecule has 0 N–H and O–H groups in total. The van der Waals surface area contributed by atoms with E-state index in [0.717, 1.165) is 54.8 Å². The number of aromatic nitrogens is 4. The fourth-order valence-electron chi connectivity index (χ4n) is 4.04. The highest BCUT2D eigenvalue weighted by Crippen LogP contribution is 2.34. The third-order valence-corrected chi connectivity index (χ3v) is 5.78. The van der Waals surface area contributed by atoms with Crippen LogP contribution in [-0.2, 0) is 6.18 Å². The molecule has 0 unspecified atom stereocenters. The van der Waals surface area contributed by atoms with E-state index in [4.69, 9.17) is 4.98 Å². The van der Waals surface area contributed by atoms with Crippen LogP contribution in [0, 0.1) is 5.92 Å². The summed E-state index contributed by atoms with van der Waals surface area (Å²) in [4.78, 5) is 7.12. The molecular formula is C22H20F3N5. The molecule has 5 rings (SSSR count). The van der Waals surface area contributed by atoms with Gasteiger partial charge in [0.2, 0.25) is 0 Å². The number of rotatable bonds is 2. The molecule has 2 aromatic carbocycles. The van der Waals surface area contributed by atoms with Gasteiger partial charge >= 0.3 is 6.18 Å². The van der Waals surface area contributed by atoms with Gasteiger partial charge in [0.15, 0.2) is 5.65 Å². The van der Waals surface area contributed by atoms with Crippen LogP contribution in [0.15, 0.2) is 48.5 Å². The van der Waals surface area contributed by atoms with Gasteiger partial charge < -0.3 is 4.90 Å². The van der Waals surface area contributed by atoms with Crippen LogP contribution in [-0.4, -0.2) is 32.9 Å². The fraction of sp³-hybridized carbons (Fsp3) is 0.318. The Hall–Kier alpha value is -3.16. The maximum Gasteiger partial charge on any atom is 0.416 e. The lowest BCUT2D eigenvalue weighted by Gasteiger charge is -2.32. The van der Waals surface area contributed by atoms with Crippen LogP contribution in [0.2, 0.25) is 0 Å². The second-order valence-corrected chi connectivity index (χ2v) is 7.87. The lowest BCUT2D eigenvalue weighted by molar-refractivity contribution is -0.137. The number of anilines is 1. The number of para-hydroxylation sites is 1. The van der Waals surface area contributed by atoms with E-state index < -0.39 is 11.7 Å². The molecular weight excluding hydrogens is 391 g/mol. The SMILES string of the molecule is CC1CCN(c2nc3c(-c4cccc(C(F)(F)F)c4)nnn3c3ccccc23)CC1. The summed E-state index contributed by atoms with van der Waals surface area (Å²) in [5, 5.41) is 9.38. The van der Waals surface area contributed by atoms with Gasteiger partial charge in [-0.15, -0.1) is 5.10 Å². The molecule has 2 aromatic heterocycles. The van der Waals surface area contributed by atoms with Crippen LogP contribution in [0.25, 0.3) is 27.8 Å². The molecule has 0 amide bonds. The third kappa shape index (κ3) is 3.16. The van der Waals surface area contributed by atoms with Crippen molar-refractivity contribution in [3.05, 3.63) is 54.1 Å². The number of piperidine rings is 1. The Kier molecular flexibility index (Phi) is 4.38. The molecule has 5 nitrogen and oxygen atoms in total. The van der Waals surface area contributed by atoms with Crippen molar-refractivity contribution in [1.82, 2.24) is 19.8 Å². The second-order valence-electron chi connectivity index (χ2n) is 7.87. The van der Waals surface area contributed by atoms with Gasteiger partial charge in [-0.25, -0.2) is 4.98 Å². The summed E-state index contributed by atoms with van der Waals surface area (Å²) in [7, 11) is 0. The van der Waals surface area contributed by atoms with Crippen LogP contribution in [0.4, 0.5) is 19.0 Å². The summed E-state index contributed by atoms with van der Waals surface area (Å²) in [6, 6.07) is 13.0. The van der Waals surface area contributed by atoms with Gasteiger partial charge in [0.1, 0.15) is 11.5 Å². The minimum absolute atomic E-state index is 0.346. The van der Waals surface area contributed by atoms with Crippen LogP contribution in [0.5, 0.6) is 0 Å². The number of hydrogen-bond acceptors (Lipinski definition) is 4. The number of benzene rings is 2. The molecule has 0 atom stereocenters. The molecule has 1 aliphatic rings. The first-order valence-electron chi connectivity index (χ1n) is 9.98. The molecule has 3 heterocycles. The van der Waals surface area contributed by atoms with Gasteiger partial charge in [0.05, 0.1) is 11.1 Å². The van der Waals surface area contributed by atoms with E-state index in [9.17, 15) is 13.2 Å². The minimum atomic E-state index is -4.42. The van der Waals surface area contributed by atoms with Crippen LogP contribution in [0.1, 0.15) is 25.3 Å². The number of nitrogens with zero attached hydrogens (tertiary/aromatic N) is 5. The molecule has 1 aliphatic heterocycles. The maximum absolute atomic E-state index is 13.2. The zero-order valence-electron chi connectivity index (χ0n) is 16.4. The highest BCUT2D eigenvalue weighted by molar-refractivity contribution is 5.93. The predicted molar refractivity (Wildman–Crippen MR) is 109 cm³/mol. The number of alkyl halides is 3. The van der Waals surface area contributed by atoms with Crippen LogP contribution in [0.3, 0.4) is 0 Å². The summed E-state index contributed by atoms with van der Waals surface area (Å²) >= 11 is 0. The van der Waals surface area contributed by atoms with Gasteiger partial charge in [-0.1, -0.05) is 36.4 Å². The van der Waals surface area contributed by atoms with E-state index >= 15 is 0 Å². The van der Waals surface area contributed by atoms with Gasteiger partial charge in [-0.2, -0.15) is 17.7 Å². The number of halogens is 3. The largest absolute Gasteiger partial charge is 0.416 e. The van der Waals surface area contributed by atoms with Gasteiger partial charge in [-0.3, -0.25) is 0 Å². The number of hydrogen-bond donors (Lipinski definition) is 0. The van der Waals surface area contributed by atoms with Crippen molar-refractivity contribution in [2.24, 2.45) is 5.92 Å². The molecule has 8 heteroatoms. The Morgan fingerprint density at radius 2 is 1.77 bits per heavy atom. The predicted octanol–water partition coefficient (Wildman–Crippen LogP) is 5.20. The van der Waals surface area contributed by atoms with E-state index in [-0.39, 0.29) is 0 Å². The Labute approximate surface area is 171 Å². The van der Waals surface area contributed by atoms with E-state index in [1.807, 2.05) is 24.3 Å². The van der Waals surface area contributed by atoms with Crippen molar-refractivity contribution in [2.45, 2.75) is 25.9 Å². The van der Waals surface area contributed by atoms with E-state index in [1.54, 1.807) is 10.6 Å². The molecule has 30 heavy (non-hydrogen) atoms. The zero-order valence-corrected chi connectivity index (χ0v) is 16.4. The Balaban J connectivity index is 1.71. The minimum Gasteiger partial charge on any atom is -0.356 e. The monoisotopic (exact) mass is 411 g/mol. The first-order chi connectivity index (χ1) is 14.4. The van der Waals surface area contributed by atoms with Crippen molar-refractivity contribution in [1.29, 1.82) is 0 Å². The first kappa shape index (κ1) is 18.8. The van der Waals surface area contributed by atoms with Crippen molar-refractivity contribution in [2.75, 3.05) is 18.0 Å². The topological polar surface area (TPSA) is 46.3 Å². The summed E-state index contributed by atoms with van der Waals surface area (Å²) in [5.41, 5.74) is 1.27. The molecule has 154 valence electrons. The van der Waals surface area contributed by atoms with Gasteiger partial charge in [0, 0.05) is 24.0 Å². The van der Waals surface area contributed by atoms with Crippen LogP contribution < -0.4 is 4.90 Å². The lowest BCUT2D eigenvalue weighted by atomic mass is 9.99. The Bertz CT molecular complexity index is 1220. The molecule has 1 saturated heterocycles. The molecule has 4 aromatic rings. The molecule has 0 radical (unpaired) electrons. The average molecular weight is 411 g/mol. The van der Waals surface area contributed by atoms with Crippen molar-refractivity contribution < 1.29 is 13.2 Å². The fourth-order valence-corrected chi connectivity index (χ4v) is 4.04. The summed E-state index contributed by atoms with van der Waals surface area (Å²) in [6.07, 6.45) is -2.26. The molecule has 1 fully saturated rings. The van der Waals surface area contributed by atoms with Crippen molar-refractivity contribution in [3.8, 4) is 11.3 Å². The standard InChI is InChI=1S/C22H20F3N5/c1-14-9-11-29(12-10-14)20-17-7-2-3-8-18(17)30-21(26-20)19(27-28-30)15-5-4-6-16(13-15)22(23,24)25/h2-8,13-14H,9-12H2,1H3. The number of fused-ring (bicyclic) bond motifs is 3.